The number of pyridine rings is 1. The number of carbonyl (C=O) groups is 1. The number of hydrogen-bond acceptors (Lipinski definition) is 3. The van der Waals surface area contributed by atoms with Gasteiger partial charge in [-0.2, -0.15) is 5.26 Å². The molecule has 0 amide bonds. The maximum absolute atomic E-state index is 11.1. The third kappa shape index (κ3) is 3.09. The van der Waals surface area contributed by atoms with Crippen molar-refractivity contribution in [3.05, 3.63) is 78.6 Å². The quantitative estimate of drug-likeness (QED) is 0.425. The molecule has 4 aromatic rings. The SMILES string of the molecule is N#CC(=O)c1c[nH]c2ccccc12.c1ccc2ncccc2c1. The second kappa shape index (κ2) is 6.54. The van der Waals surface area contributed by atoms with Crippen LogP contribution in [0.4, 0.5) is 0 Å². The highest BCUT2D eigenvalue weighted by Crippen LogP contribution is 2.17. The number of hydrogen-bond donors (Lipinski definition) is 1. The number of nitrogens with one attached hydrogen (secondary N) is 1. The first-order valence-electron chi connectivity index (χ1n) is 7.10. The number of para-hydroxylation sites is 2. The minimum atomic E-state index is -0.502. The van der Waals surface area contributed by atoms with Gasteiger partial charge in [0.1, 0.15) is 6.07 Å². The first-order valence-corrected chi connectivity index (χ1v) is 7.10. The van der Waals surface area contributed by atoms with Crippen molar-refractivity contribution < 1.29 is 4.79 Å². The van der Waals surface area contributed by atoms with Crippen molar-refractivity contribution >= 4 is 27.6 Å². The average Bonchev–Trinajstić information content (AvgIpc) is 3.06. The van der Waals surface area contributed by atoms with Gasteiger partial charge in [-0.05, 0) is 18.2 Å². The Labute approximate surface area is 133 Å². The molecule has 0 bridgehead atoms. The molecule has 0 radical (unpaired) electrons. The zero-order valence-electron chi connectivity index (χ0n) is 12.2. The van der Waals surface area contributed by atoms with E-state index in [1.54, 1.807) is 12.3 Å². The van der Waals surface area contributed by atoms with E-state index < -0.39 is 5.78 Å². The van der Waals surface area contributed by atoms with Crippen LogP contribution in [0.2, 0.25) is 0 Å². The van der Waals surface area contributed by atoms with Crippen LogP contribution in [0.3, 0.4) is 0 Å². The van der Waals surface area contributed by atoms with E-state index in [9.17, 15) is 4.79 Å². The van der Waals surface area contributed by atoms with E-state index in [1.165, 1.54) is 5.39 Å². The zero-order valence-corrected chi connectivity index (χ0v) is 12.2. The number of rotatable bonds is 1. The number of fused-ring (bicyclic) bond motifs is 2. The molecule has 0 saturated carbocycles. The van der Waals surface area contributed by atoms with Gasteiger partial charge in [-0.1, -0.05) is 42.5 Å². The molecule has 1 N–H and O–H groups in total. The first-order chi connectivity index (χ1) is 11.3. The number of nitrogens with zero attached hydrogens (tertiary/aromatic N) is 2. The fourth-order valence-corrected chi connectivity index (χ4v) is 2.34. The van der Waals surface area contributed by atoms with E-state index in [1.807, 2.05) is 54.7 Å². The van der Waals surface area contributed by atoms with Crippen LogP contribution in [0.15, 0.2) is 73.1 Å². The van der Waals surface area contributed by atoms with Crippen molar-refractivity contribution in [2.45, 2.75) is 0 Å². The highest BCUT2D eigenvalue weighted by atomic mass is 16.1. The van der Waals surface area contributed by atoms with Crippen LogP contribution in [-0.2, 0) is 0 Å². The molecule has 2 aromatic carbocycles. The molecular formula is C19H13N3O. The van der Waals surface area contributed by atoms with Crippen molar-refractivity contribution in [3.63, 3.8) is 0 Å². The van der Waals surface area contributed by atoms with Crippen LogP contribution in [0.25, 0.3) is 21.8 Å². The number of Topliss-reactive ketones (excluding diaryl/α,β-unsaturated/α-hetero) is 1. The van der Waals surface area contributed by atoms with E-state index in [0.29, 0.717) is 5.56 Å². The second-order valence-electron chi connectivity index (χ2n) is 4.88. The highest BCUT2D eigenvalue weighted by molar-refractivity contribution is 6.15. The Morgan fingerprint density at radius 2 is 1.74 bits per heavy atom. The molecule has 0 atom stereocenters. The van der Waals surface area contributed by atoms with E-state index >= 15 is 0 Å². The monoisotopic (exact) mass is 299 g/mol. The summed E-state index contributed by atoms with van der Waals surface area (Å²) >= 11 is 0. The number of aromatic nitrogens is 2. The highest BCUT2D eigenvalue weighted by Gasteiger charge is 2.09. The van der Waals surface area contributed by atoms with E-state index in [-0.39, 0.29) is 0 Å². The van der Waals surface area contributed by atoms with Crippen LogP contribution in [0, 0.1) is 11.3 Å². The third-order valence-electron chi connectivity index (χ3n) is 3.45. The molecular weight excluding hydrogens is 286 g/mol. The minimum Gasteiger partial charge on any atom is -0.360 e. The largest absolute Gasteiger partial charge is 0.360 e. The van der Waals surface area contributed by atoms with E-state index in [4.69, 9.17) is 5.26 Å². The lowest BCUT2D eigenvalue weighted by Gasteiger charge is -1.91. The summed E-state index contributed by atoms with van der Waals surface area (Å²) < 4.78 is 0. The summed E-state index contributed by atoms with van der Waals surface area (Å²) in [5.41, 5.74) is 2.38. The molecule has 2 aromatic heterocycles. The second-order valence-corrected chi connectivity index (χ2v) is 4.88. The van der Waals surface area contributed by atoms with Crippen molar-refractivity contribution in [2.24, 2.45) is 0 Å². The number of carbonyl (C=O) groups excluding carboxylic acids is 1. The van der Waals surface area contributed by atoms with Crippen molar-refractivity contribution in [3.8, 4) is 6.07 Å². The predicted octanol–water partition coefficient (Wildman–Crippen LogP) is 4.11. The van der Waals surface area contributed by atoms with Gasteiger partial charge in [-0.15, -0.1) is 0 Å². The Morgan fingerprint density at radius 1 is 1.00 bits per heavy atom. The summed E-state index contributed by atoms with van der Waals surface area (Å²) in [4.78, 5) is 18.2. The van der Waals surface area contributed by atoms with Crippen molar-refractivity contribution in [1.29, 1.82) is 5.26 Å². The van der Waals surface area contributed by atoms with Gasteiger partial charge >= 0.3 is 0 Å². The smallest absolute Gasteiger partial charge is 0.264 e. The third-order valence-corrected chi connectivity index (χ3v) is 3.45. The Hall–Kier alpha value is -3.45. The standard InChI is InChI=1S/C10H6N2O.C9H7N/c11-5-10(13)8-6-12-9-4-2-1-3-7(8)9;1-2-6-9-8(4-1)5-3-7-10-9/h1-4,6,12H;1-7H. The molecule has 4 heteroatoms. The number of H-pyrrole nitrogens is 1. The van der Waals surface area contributed by atoms with Crippen molar-refractivity contribution in [1.82, 2.24) is 9.97 Å². The molecule has 0 aliphatic rings. The summed E-state index contributed by atoms with van der Waals surface area (Å²) in [6, 6.07) is 21.1. The van der Waals surface area contributed by atoms with E-state index in [0.717, 1.165) is 16.4 Å². The minimum absolute atomic E-state index is 0.443. The van der Waals surface area contributed by atoms with Crippen LogP contribution in [0.5, 0.6) is 0 Å². The molecule has 0 saturated heterocycles. The number of nitriles is 1. The van der Waals surface area contributed by atoms with E-state index in [2.05, 4.69) is 22.1 Å². The van der Waals surface area contributed by atoms with Gasteiger partial charge in [0.05, 0.1) is 11.1 Å². The van der Waals surface area contributed by atoms with Gasteiger partial charge in [-0.25, -0.2) is 0 Å². The maximum Gasteiger partial charge on any atom is 0.264 e. The van der Waals surface area contributed by atoms with Gasteiger partial charge in [0.15, 0.2) is 0 Å². The first kappa shape index (κ1) is 14.5. The fourth-order valence-electron chi connectivity index (χ4n) is 2.34. The Morgan fingerprint density at radius 3 is 2.57 bits per heavy atom. The fraction of sp³-hybridized carbons (Fsp3) is 0. The van der Waals surface area contributed by atoms with Crippen LogP contribution in [-0.4, -0.2) is 15.8 Å². The molecule has 23 heavy (non-hydrogen) atoms. The molecule has 4 nitrogen and oxygen atoms in total. The lowest BCUT2D eigenvalue weighted by molar-refractivity contribution is 0.105. The average molecular weight is 299 g/mol. The number of ketones is 1. The molecule has 2 heterocycles. The zero-order chi connectivity index (χ0) is 16.1. The Kier molecular flexibility index (Phi) is 4.12. The molecule has 0 aliphatic carbocycles. The number of benzene rings is 2. The lowest BCUT2D eigenvalue weighted by Crippen LogP contribution is -1.91. The summed E-state index contributed by atoms with van der Waals surface area (Å²) in [7, 11) is 0. The molecule has 0 spiro atoms. The Bertz CT molecular complexity index is 946. The summed E-state index contributed by atoms with van der Waals surface area (Å²) in [5, 5.41) is 10.5. The molecule has 4 rings (SSSR count). The summed E-state index contributed by atoms with van der Waals surface area (Å²) in [5.74, 6) is -0.502. The molecule has 0 fully saturated rings. The van der Waals surface area contributed by atoms with Gasteiger partial charge in [-0.3, -0.25) is 9.78 Å². The van der Waals surface area contributed by atoms with Gasteiger partial charge in [0.25, 0.3) is 5.78 Å². The molecule has 110 valence electrons. The molecule has 0 unspecified atom stereocenters. The summed E-state index contributed by atoms with van der Waals surface area (Å²) in [6.07, 6.45) is 3.37. The van der Waals surface area contributed by atoms with Crippen LogP contribution in [0.1, 0.15) is 10.4 Å². The van der Waals surface area contributed by atoms with Gasteiger partial charge in [0, 0.05) is 28.7 Å². The van der Waals surface area contributed by atoms with Gasteiger partial charge in [0.2, 0.25) is 0 Å². The van der Waals surface area contributed by atoms with Crippen LogP contribution < -0.4 is 0 Å². The number of aromatic amines is 1. The topological polar surface area (TPSA) is 69.5 Å². The van der Waals surface area contributed by atoms with Gasteiger partial charge < -0.3 is 4.98 Å². The van der Waals surface area contributed by atoms with Crippen molar-refractivity contribution in [2.75, 3.05) is 0 Å². The maximum atomic E-state index is 11.1. The summed E-state index contributed by atoms with van der Waals surface area (Å²) in [6.45, 7) is 0. The Balaban J connectivity index is 0.000000140. The molecule has 0 aliphatic heterocycles. The normalized spacial score (nSPS) is 9.87. The lowest BCUT2D eigenvalue weighted by atomic mass is 10.1. The van der Waals surface area contributed by atoms with Crippen LogP contribution >= 0.6 is 0 Å². The predicted molar refractivity (Wildman–Crippen MR) is 90.0 cm³/mol.